The highest BCUT2D eigenvalue weighted by molar-refractivity contribution is 5.16. The van der Waals surface area contributed by atoms with Crippen LogP contribution < -0.4 is 5.73 Å². The van der Waals surface area contributed by atoms with E-state index in [0.717, 1.165) is 25.9 Å². The Morgan fingerprint density at radius 3 is 3.21 bits per heavy atom. The molecule has 1 atom stereocenters. The lowest BCUT2D eigenvalue weighted by Crippen LogP contribution is -2.11. The van der Waals surface area contributed by atoms with E-state index >= 15 is 0 Å². The van der Waals surface area contributed by atoms with Crippen molar-refractivity contribution < 1.29 is 4.74 Å². The Balaban J connectivity index is 2.17. The van der Waals surface area contributed by atoms with Gasteiger partial charge in [0.25, 0.3) is 0 Å². The van der Waals surface area contributed by atoms with Gasteiger partial charge in [-0.15, -0.1) is 0 Å². The van der Waals surface area contributed by atoms with Gasteiger partial charge < -0.3 is 10.5 Å². The molecule has 1 unspecified atom stereocenters. The molecular formula is C10H17N3O. The molecule has 0 saturated carbocycles. The van der Waals surface area contributed by atoms with Crippen LogP contribution in [0.1, 0.15) is 30.3 Å². The molecule has 4 nitrogen and oxygen atoms in total. The Bertz CT molecular complexity index is 302. The Kier molecular flexibility index (Phi) is 2.84. The van der Waals surface area contributed by atoms with E-state index in [1.54, 1.807) is 0 Å². The fourth-order valence-corrected chi connectivity index (χ4v) is 1.90. The molecule has 2 heterocycles. The number of aromatic nitrogens is 2. The van der Waals surface area contributed by atoms with Gasteiger partial charge in [0, 0.05) is 12.3 Å². The van der Waals surface area contributed by atoms with Crippen molar-refractivity contribution in [2.45, 2.75) is 32.4 Å². The lowest BCUT2D eigenvalue weighted by atomic mass is 10.2. The first kappa shape index (κ1) is 9.68. The van der Waals surface area contributed by atoms with Crippen LogP contribution in [-0.4, -0.2) is 22.9 Å². The topological polar surface area (TPSA) is 53.1 Å². The van der Waals surface area contributed by atoms with Gasteiger partial charge in [0.15, 0.2) is 6.23 Å². The zero-order chi connectivity index (χ0) is 9.97. The Hall–Kier alpha value is -0.870. The molecule has 1 fully saturated rings. The SMILES string of the molecule is Cc1c(CCN)cnn1C1CCCO1. The predicted octanol–water partition coefficient (Wildman–Crippen LogP) is 1.00. The molecule has 4 heteroatoms. The maximum Gasteiger partial charge on any atom is 0.150 e. The number of nitrogens with zero attached hydrogens (tertiary/aromatic N) is 2. The maximum atomic E-state index is 5.58. The minimum atomic E-state index is 0.154. The summed E-state index contributed by atoms with van der Waals surface area (Å²) in [4.78, 5) is 0. The number of hydrogen-bond acceptors (Lipinski definition) is 3. The predicted molar refractivity (Wildman–Crippen MR) is 53.9 cm³/mol. The van der Waals surface area contributed by atoms with Gasteiger partial charge in [0.2, 0.25) is 0 Å². The van der Waals surface area contributed by atoms with Gasteiger partial charge in [-0.05, 0) is 38.3 Å². The molecule has 0 aromatic carbocycles. The number of rotatable bonds is 3. The fraction of sp³-hybridized carbons (Fsp3) is 0.700. The Morgan fingerprint density at radius 1 is 1.71 bits per heavy atom. The van der Waals surface area contributed by atoms with Gasteiger partial charge in [0.05, 0.1) is 6.20 Å². The standard InChI is InChI=1S/C10H17N3O/c1-8-9(4-5-11)7-12-13(8)10-3-2-6-14-10/h7,10H,2-6,11H2,1H3. The molecule has 0 bridgehead atoms. The van der Waals surface area contributed by atoms with Crippen molar-refractivity contribution >= 4 is 0 Å². The van der Waals surface area contributed by atoms with E-state index in [9.17, 15) is 0 Å². The van der Waals surface area contributed by atoms with Gasteiger partial charge in [0.1, 0.15) is 0 Å². The molecule has 0 radical (unpaired) electrons. The summed E-state index contributed by atoms with van der Waals surface area (Å²) in [5.41, 5.74) is 7.96. The minimum absolute atomic E-state index is 0.154. The van der Waals surface area contributed by atoms with Crippen LogP contribution in [0.4, 0.5) is 0 Å². The summed E-state index contributed by atoms with van der Waals surface area (Å²) in [5, 5.41) is 4.35. The molecule has 1 aromatic rings. The van der Waals surface area contributed by atoms with E-state index in [4.69, 9.17) is 10.5 Å². The summed E-state index contributed by atoms with van der Waals surface area (Å²) >= 11 is 0. The van der Waals surface area contributed by atoms with Crippen LogP contribution in [0, 0.1) is 6.92 Å². The average Bonchev–Trinajstić information content (AvgIpc) is 2.77. The number of nitrogens with two attached hydrogens (primary N) is 1. The van der Waals surface area contributed by atoms with Crippen molar-refractivity contribution in [1.29, 1.82) is 0 Å². The molecule has 1 aliphatic heterocycles. The van der Waals surface area contributed by atoms with Crippen molar-refractivity contribution in [3.05, 3.63) is 17.5 Å². The van der Waals surface area contributed by atoms with Crippen LogP contribution >= 0.6 is 0 Å². The summed E-state index contributed by atoms with van der Waals surface area (Å²) in [6, 6.07) is 0. The molecule has 1 saturated heterocycles. The second-order valence-corrected chi connectivity index (χ2v) is 3.71. The van der Waals surface area contributed by atoms with Gasteiger partial charge >= 0.3 is 0 Å². The third-order valence-corrected chi connectivity index (χ3v) is 2.74. The van der Waals surface area contributed by atoms with Crippen molar-refractivity contribution in [1.82, 2.24) is 9.78 Å². The molecule has 0 spiro atoms. The highest BCUT2D eigenvalue weighted by Gasteiger charge is 2.20. The summed E-state index contributed by atoms with van der Waals surface area (Å²) in [7, 11) is 0. The van der Waals surface area contributed by atoms with Crippen LogP contribution in [0.25, 0.3) is 0 Å². The third-order valence-electron chi connectivity index (χ3n) is 2.74. The average molecular weight is 195 g/mol. The highest BCUT2D eigenvalue weighted by atomic mass is 16.5. The van der Waals surface area contributed by atoms with E-state index in [-0.39, 0.29) is 6.23 Å². The van der Waals surface area contributed by atoms with Crippen LogP contribution in [0.5, 0.6) is 0 Å². The first-order valence-electron chi connectivity index (χ1n) is 5.17. The van der Waals surface area contributed by atoms with Crippen molar-refractivity contribution in [3.63, 3.8) is 0 Å². The Morgan fingerprint density at radius 2 is 2.57 bits per heavy atom. The van der Waals surface area contributed by atoms with Crippen molar-refractivity contribution in [2.24, 2.45) is 5.73 Å². The zero-order valence-electron chi connectivity index (χ0n) is 8.57. The van der Waals surface area contributed by atoms with Crippen LogP contribution in [0.3, 0.4) is 0 Å². The van der Waals surface area contributed by atoms with Crippen molar-refractivity contribution in [3.8, 4) is 0 Å². The molecule has 2 N–H and O–H groups in total. The molecule has 1 aliphatic rings. The number of hydrogen-bond donors (Lipinski definition) is 1. The van der Waals surface area contributed by atoms with Gasteiger partial charge in [-0.2, -0.15) is 5.10 Å². The summed E-state index contributed by atoms with van der Waals surface area (Å²) < 4.78 is 7.56. The lowest BCUT2D eigenvalue weighted by molar-refractivity contribution is 0.0451. The first-order valence-corrected chi connectivity index (χ1v) is 5.17. The molecule has 1 aromatic heterocycles. The molecule has 0 amide bonds. The van der Waals surface area contributed by atoms with E-state index in [0.29, 0.717) is 6.54 Å². The summed E-state index contributed by atoms with van der Waals surface area (Å²) in [5.74, 6) is 0. The summed E-state index contributed by atoms with van der Waals surface area (Å²) in [6.07, 6.45) is 5.17. The smallest absolute Gasteiger partial charge is 0.150 e. The molecule has 78 valence electrons. The lowest BCUT2D eigenvalue weighted by Gasteiger charge is -2.12. The largest absolute Gasteiger partial charge is 0.357 e. The molecule has 0 aliphatic carbocycles. The van der Waals surface area contributed by atoms with E-state index in [2.05, 4.69) is 12.0 Å². The van der Waals surface area contributed by atoms with Gasteiger partial charge in [-0.1, -0.05) is 0 Å². The van der Waals surface area contributed by atoms with E-state index in [1.807, 2.05) is 10.9 Å². The zero-order valence-corrected chi connectivity index (χ0v) is 8.57. The Labute approximate surface area is 84.0 Å². The molecule has 14 heavy (non-hydrogen) atoms. The monoisotopic (exact) mass is 195 g/mol. The first-order chi connectivity index (χ1) is 6.83. The second-order valence-electron chi connectivity index (χ2n) is 3.71. The minimum Gasteiger partial charge on any atom is -0.357 e. The van der Waals surface area contributed by atoms with Crippen LogP contribution in [0.2, 0.25) is 0 Å². The fourth-order valence-electron chi connectivity index (χ4n) is 1.90. The quantitative estimate of drug-likeness (QED) is 0.783. The van der Waals surface area contributed by atoms with Gasteiger partial charge in [-0.3, -0.25) is 0 Å². The van der Waals surface area contributed by atoms with Crippen molar-refractivity contribution in [2.75, 3.05) is 13.2 Å². The molecule has 2 rings (SSSR count). The van der Waals surface area contributed by atoms with Crippen LogP contribution in [0.15, 0.2) is 6.20 Å². The molecular weight excluding hydrogens is 178 g/mol. The normalized spacial score (nSPS) is 21.7. The van der Waals surface area contributed by atoms with E-state index in [1.165, 1.54) is 11.3 Å². The van der Waals surface area contributed by atoms with Gasteiger partial charge in [-0.25, -0.2) is 4.68 Å². The van der Waals surface area contributed by atoms with Crippen LogP contribution in [-0.2, 0) is 11.2 Å². The number of ether oxygens (including phenoxy) is 1. The van der Waals surface area contributed by atoms with E-state index < -0.39 is 0 Å². The second kappa shape index (κ2) is 4.11. The maximum absolute atomic E-state index is 5.58. The summed E-state index contributed by atoms with van der Waals surface area (Å²) in [6.45, 7) is 3.62. The third kappa shape index (κ3) is 1.67. The highest BCUT2D eigenvalue weighted by Crippen LogP contribution is 2.24.